The van der Waals surface area contributed by atoms with Crippen LogP contribution in [0.4, 0.5) is 0 Å². The molecule has 2 aromatic rings. The van der Waals surface area contributed by atoms with Crippen LogP contribution in [0.2, 0.25) is 0 Å². The molecule has 9 heteroatoms. The molecule has 1 saturated heterocycles. The summed E-state index contributed by atoms with van der Waals surface area (Å²) in [6, 6.07) is 8.13. The summed E-state index contributed by atoms with van der Waals surface area (Å²) in [6.45, 7) is 3.44. The molecule has 0 saturated carbocycles. The van der Waals surface area contributed by atoms with Crippen molar-refractivity contribution < 1.29 is 22.7 Å². The quantitative estimate of drug-likeness (QED) is 0.700. The van der Waals surface area contributed by atoms with Crippen LogP contribution < -0.4 is 10.1 Å². The number of rotatable bonds is 8. The van der Waals surface area contributed by atoms with Crippen LogP contribution in [0.3, 0.4) is 0 Å². The van der Waals surface area contributed by atoms with Crippen molar-refractivity contribution in [3.63, 3.8) is 0 Å². The molecule has 0 radical (unpaired) electrons. The van der Waals surface area contributed by atoms with Gasteiger partial charge < -0.3 is 14.8 Å². The fraction of sp³-hybridized carbons (Fsp3) is 0.500. The minimum Gasteiger partial charge on any atom is -0.497 e. The molecule has 1 aromatic heterocycles. The van der Waals surface area contributed by atoms with Gasteiger partial charge in [0.2, 0.25) is 0 Å². The summed E-state index contributed by atoms with van der Waals surface area (Å²) in [6.07, 6.45) is 2.97. The number of amides is 1. The predicted octanol–water partition coefficient (Wildman–Crippen LogP) is 2.05. The van der Waals surface area contributed by atoms with E-state index in [4.69, 9.17) is 9.47 Å². The topological polar surface area (TPSA) is 99.5 Å². The predicted molar refractivity (Wildman–Crippen MR) is 108 cm³/mol. The lowest BCUT2D eigenvalue weighted by Crippen LogP contribution is -2.37. The van der Waals surface area contributed by atoms with Gasteiger partial charge in [-0.3, -0.25) is 9.48 Å². The van der Waals surface area contributed by atoms with Crippen LogP contribution >= 0.6 is 0 Å². The summed E-state index contributed by atoms with van der Waals surface area (Å²) in [7, 11) is -1.90. The first-order valence-corrected chi connectivity index (χ1v) is 11.3. The summed E-state index contributed by atoms with van der Waals surface area (Å²) in [5, 5.41) is 6.50. The largest absolute Gasteiger partial charge is 0.497 e. The average molecular weight is 422 g/mol. The molecule has 0 bridgehead atoms. The van der Waals surface area contributed by atoms with Crippen LogP contribution in [0.15, 0.2) is 41.4 Å². The third-order valence-electron chi connectivity index (χ3n) is 5.10. The van der Waals surface area contributed by atoms with E-state index in [1.54, 1.807) is 48.3 Å². The summed E-state index contributed by atoms with van der Waals surface area (Å²) >= 11 is 0. The molecule has 29 heavy (non-hydrogen) atoms. The lowest BCUT2D eigenvalue weighted by Gasteiger charge is -2.29. The highest BCUT2D eigenvalue weighted by atomic mass is 32.2. The van der Waals surface area contributed by atoms with E-state index in [1.165, 1.54) is 0 Å². The van der Waals surface area contributed by atoms with Gasteiger partial charge in [-0.15, -0.1) is 0 Å². The highest BCUT2D eigenvalue weighted by molar-refractivity contribution is 7.92. The average Bonchev–Trinajstić information content (AvgIpc) is 3.23. The third kappa shape index (κ3) is 5.16. The van der Waals surface area contributed by atoms with E-state index in [0.717, 1.165) is 0 Å². The summed E-state index contributed by atoms with van der Waals surface area (Å²) in [4.78, 5) is 12.4. The molecule has 1 fully saturated rings. The van der Waals surface area contributed by atoms with Crippen LogP contribution in [0.1, 0.15) is 36.7 Å². The number of hydrogen-bond acceptors (Lipinski definition) is 6. The molecule has 158 valence electrons. The number of aryl methyl sites for hydroxylation is 1. The highest BCUT2D eigenvalue weighted by Gasteiger charge is 2.33. The minimum absolute atomic E-state index is 0.213. The first-order chi connectivity index (χ1) is 13.9. The number of aromatic nitrogens is 2. The monoisotopic (exact) mass is 421 g/mol. The van der Waals surface area contributed by atoms with Gasteiger partial charge in [-0.1, -0.05) is 0 Å². The van der Waals surface area contributed by atoms with E-state index in [1.807, 2.05) is 6.92 Å². The Kier molecular flexibility index (Phi) is 6.92. The maximum atomic E-state index is 13.0. The molecule has 1 amide bonds. The zero-order valence-corrected chi connectivity index (χ0v) is 17.5. The first kappa shape index (κ1) is 21.3. The number of hydrogen-bond donors (Lipinski definition) is 1. The van der Waals surface area contributed by atoms with Gasteiger partial charge in [0.25, 0.3) is 5.91 Å². The van der Waals surface area contributed by atoms with E-state index in [9.17, 15) is 13.2 Å². The summed E-state index contributed by atoms with van der Waals surface area (Å²) < 4.78 is 38.4. The fourth-order valence-electron chi connectivity index (χ4n) is 3.38. The van der Waals surface area contributed by atoms with Gasteiger partial charge in [0.05, 0.1) is 23.4 Å². The van der Waals surface area contributed by atoms with Gasteiger partial charge >= 0.3 is 0 Å². The van der Waals surface area contributed by atoms with Gasteiger partial charge in [0, 0.05) is 25.9 Å². The Morgan fingerprint density at radius 3 is 2.72 bits per heavy atom. The van der Waals surface area contributed by atoms with Gasteiger partial charge in [-0.05, 0) is 56.5 Å². The van der Waals surface area contributed by atoms with Crippen LogP contribution in [-0.2, 0) is 21.1 Å². The normalized spacial score (nSPS) is 19.7. The number of carbonyl (C=O) groups excluding carboxylic acids is 1. The van der Waals surface area contributed by atoms with Crippen molar-refractivity contribution >= 4 is 15.7 Å². The molecular weight excluding hydrogens is 394 g/mol. The number of nitrogens with zero attached hydrogens (tertiary/aromatic N) is 2. The molecule has 1 aliphatic heterocycles. The molecule has 0 spiro atoms. The van der Waals surface area contributed by atoms with E-state index in [0.29, 0.717) is 55.3 Å². The van der Waals surface area contributed by atoms with E-state index < -0.39 is 15.1 Å². The van der Waals surface area contributed by atoms with E-state index in [-0.39, 0.29) is 12.0 Å². The van der Waals surface area contributed by atoms with Gasteiger partial charge in [-0.2, -0.15) is 5.10 Å². The van der Waals surface area contributed by atoms with Crippen molar-refractivity contribution in [1.82, 2.24) is 15.1 Å². The zero-order valence-electron chi connectivity index (χ0n) is 16.7. The third-order valence-corrected chi connectivity index (χ3v) is 7.33. The lowest BCUT2D eigenvalue weighted by molar-refractivity contribution is 0.0132. The van der Waals surface area contributed by atoms with Gasteiger partial charge in [0.15, 0.2) is 9.84 Å². The van der Waals surface area contributed by atoms with Crippen molar-refractivity contribution in [2.45, 2.75) is 49.0 Å². The highest BCUT2D eigenvalue weighted by Crippen LogP contribution is 2.28. The zero-order chi connectivity index (χ0) is 20.9. The second-order valence-electron chi connectivity index (χ2n) is 6.96. The molecule has 2 heterocycles. The smallest absolute Gasteiger partial charge is 0.271 e. The minimum atomic E-state index is -3.44. The lowest BCUT2D eigenvalue weighted by atomic mass is 10.1. The van der Waals surface area contributed by atoms with Crippen molar-refractivity contribution in [1.29, 1.82) is 0 Å². The standard InChI is InChI=1S/C20H27N3O5S/c1-3-23-12-9-19(22-23)20(24)21-11-8-16-14-18(10-13-28-16)29(25,26)17-6-4-15(27-2)5-7-17/h4-7,9,12,16,18H,3,8,10-11,13-14H2,1-2H3,(H,21,24)/t16-,18+/m1/s1. The number of methoxy groups -OCH3 is 1. The van der Waals surface area contributed by atoms with Crippen molar-refractivity contribution in [2.75, 3.05) is 20.3 Å². The Bertz CT molecular complexity index is 924. The Labute approximate surface area is 171 Å². The summed E-state index contributed by atoms with van der Waals surface area (Å²) in [5.74, 6) is 0.378. The number of sulfone groups is 1. The first-order valence-electron chi connectivity index (χ1n) is 9.75. The van der Waals surface area contributed by atoms with Crippen LogP contribution in [0.5, 0.6) is 5.75 Å². The fourth-order valence-corrected chi connectivity index (χ4v) is 5.16. The van der Waals surface area contributed by atoms with E-state index >= 15 is 0 Å². The van der Waals surface area contributed by atoms with Gasteiger partial charge in [0.1, 0.15) is 11.4 Å². The van der Waals surface area contributed by atoms with Crippen LogP contribution in [0.25, 0.3) is 0 Å². The Hall–Kier alpha value is -2.39. The maximum absolute atomic E-state index is 13.0. The van der Waals surface area contributed by atoms with Crippen molar-refractivity contribution in [3.8, 4) is 5.75 Å². The number of carbonyl (C=O) groups is 1. The molecule has 1 aliphatic rings. The molecule has 0 aliphatic carbocycles. The molecule has 1 N–H and O–H groups in total. The molecule has 2 atom stereocenters. The van der Waals surface area contributed by atoms with Crippen molar-refractivity contribution in [3.05, 3.63) is 42.2 Å². The number of benzene rings is 1. The Morgan fingerprint density at radius 2 is 2.07 bits per heavy atom. The van der Waals surface area contributed by atoms with Crippen molar-refractivity contribution in [2.24, 2.45) is 0 Å². The second-order valence-corrected chi connectivity index (χ2v) is 9.19. The van der Waals surface area contributed by atoms with Crippen LogP contribution in [0, 0.1) is 0 Å². The molecular formula is C20H27N3O5S. The second kappa shape index (κ2) is 9.41. The molecule has 1 aromatic carbocycles. The molecule has 3 rings (SSSR count). The summed E-state index contributed by atoms with van der Waals surface area (Å²) in [5.41, 5.74) is 0.372. The number of ether oxygens (including phenoxy) is 2. The molecule has 0 unspecified atom stereocenters. The van der Waals surface area contributed by atoms with Gasteiger partial charge in [-0.25, -0.2) is 8.42 Å². The van der Waals surface area contributed by atoms with E-state index in [2.05, 4.69) is 10.4 Å². The SMILES string of the molecule is CCn1ccc(C(=O)NCC[C@@H]2C[C@@H](S(=O)(=O)c3ccc(OC)cc3)CCO2)n1. The Balaban J connectivity index is 1.53. The van der Waals surface area contributed by atoms with Crippen LogP contribution in [-0.4, -0.2) is 55.7 Å². The maximum Gasteiger partial charge on any atom is 0.271 e. The Morgan fingerprint density at radius 1 is 1.31 bits per heavy atom. The molecule has 8 nitrogen and oxygen atoms in total. The number of nitrogens with one attached hydrogen (secondary N) is 1.